The predicted molar refractivity (Wildman–Crippen MR) is 128 cm³/mol. The lowest BCUT2D eigenvalue weighted by Gasteiger charge is -2.20. The van der Waals surface area contributed by atoms with Gasteiger partial charge in [-0.3, -0.25) is 9.59 Å². The van der Waals surface area contributed by atoms with E-state index in [1.165, 1.54) is 47.0 Å². The van der Waals surface area contributed by atoms with Crippen molar-refractivity contribution in [1.82, 2.24) is 8.87 Å². The number of rotatable bonds is 7. The van der Waals surface area contributed by atoms with Gasteiger partial charge < -0.3 is 9.30 Å². The van der Waals surface area contributed by atoms with E-state index in [0.717, 1.165) is 15.8 Å². The van der Waals surface area contributed by atoms with Crippen LogP contribution >= 0.6 is 11.3 Å². The molecule has 2 aromatic carbocycles. The number of sulfonamides is 1. The van der Waals surface area contributed by atoms with Crippen molar-refractivity contribution in [2.24, 2.45) is 4.99 Å². The van der Waals surface area contributed by atoms with Gasteiger partial charge in [0.25, 0.3) is 5.91 Å². The molecule has 3 rings (SSSR count). The number of hydrogen-bond donors (Lipinski definition) is 0. The average molecular weight is 490 g/mol. The van der Waals surface area contributed by atoms with E-state index in [2.05, 4.69) is 4.99 Å². The number of fused-ring (bicyclic) bond motifs is 1. The van der Waals surface area contributed by atoms with Gasteiger partial charge in [0.1, 0.15) is 6.54 Å². The fourth-order valence-electron chi connectivity index (χ4n) is 3.12. The molecule has 0 atom stereocenters. The summed E-state index contributed by atoms with van der Waals surface area (Å²) in [7, 11) is -2.13. The Morgan fingerprint density at radius 1 is 1.15 bits per heavy atom. The molecule has 0 aliphatic rings. The number of hydrogen-bond acceptors (Lipinski definition) is 6. The Bertz CT molecular complexity index is 1350. The van der Waals surface area contributed by atoms with Crippen molar-refractivity contribution in [3.05, 3.63) is 58.4 Å². The fourth-order valence-corrected chi connectivity index (χ4v) is 5.61. The summed E-state index contributed by atoms with van der Waals surface area (Å²) in [4.78, 5) is 29.7. The van der Waals surface area contributed by atoms with Gasteiger partial charge in [0, 0.05) is 18.7 Å². The van der Waals surface area contributed by atoms with Crippen LogP contribution in [0.5, 0.6) is 0 Å². The van der Waals surface area contributed by atoms with Crippen LogP contribution in [-0.2, 0) is 26.1 Å². The number of benzene rings is 2. The molecule has 0 fully saturated rings. The molecule has 0 N–H and O–H groups in total. The summed E-state index contributed by atoms with van der Waals surface area (Å²) < 4.78 is 34.2. The Balaban J connectivity index is 2.00. The highest BCUT2D eigenvalue weighted by atomic mass is 32.2. The summed E-state index contributed by atoms with van der Waals surface area (Å²) in [5.41, 5.74) is 2.08. The van der Waals surface area contributed by atoms with Crippen molar-refractivity contribution < 1.29 is 22.7 Å². The Hall–Kier alpha value is -2.82. The zero-order chi connectivity index (χ0) is 24.3. The molecule has 0 saturated carbocycles. The zero-order valence-electron chi connectivity index (χ0n) is 19.2. The molecule has 0 aliphatic heterocycles. The standard InChI is InChI=1S/C23H27N3O5S2/c1-6-31-21(27)14-26-19-12-7-16(4)13-20(19)32-23(26)24-22(28)17-8-10-18(11-9-17)33(29,30)25(5)15(2)3/h7-13,15H,6,14H2,1-5H3. The third-order valence-corrected chi connectivity index (χ3v) is 8.22. The summed E-state index contributed by atoms with van der Waals surface area (Å²) >= 11 is 1.30. The van der Waals surface area contributed by atoms with E-state index >= 15 is 0 Å². The molecule has 0 spiro atoms. The summed E-state index contributed by atoms with van der Waals surface area (Å²) in [6, 6.07) is 11.3. The number of esters is 1. The first-order chi connectivity index (χ1) is 15.5. The quantitative estimate of drug-likeness (QED) is 0.474. The van der Waals surface area contributed by atoms with Gasteiger partial charge in [-0.25, -0.2) is 8.42 Å². The number of aromatic nitrogens is 1. The maximum Gasteiger partial charge on any atom is 0.326 e. The summed E-state index contributed by atoms with van der Waals surface area (Å²) in [6.45, 7) is 7.45. The lowest BCUT2D eigenvalue weighted by molar-refractivity contribution is -0.143. The fraction of sp³-hybridized carbons (Fsp3) is 0.348. The maximum atomic E-state index is 12.9. The molecular weight excluding hydrogens is 462 g/mol. The molecule has 0 saturated heterocycles. The maximum absolute atomic E-state index is 12.9. The lowest BCUT2D eigenvalue weighted by Crippen LogP contribution is -2.33. The third-order valence-electron chi connectivity index (χ3n) is 5.13. The van der Waals surface area contributed by atoms with Crippen LogP contribution in [0.1, 0.15) is 36.7 Å². The first-order valence-electron chi connectivity index (χ1n) is 10.5. The number of carbonyl (C=O) groups excluding carboxylic acids is 2. The summed E-state index contributed by atoms with van der Waals surface area (Å²) in [5.74, 6) is -0.951. The van der Waals surface area contributed by atoms with E-state index in [9.17, 15) is 18.0 Å². The van der Waals surface area contributed by atoms with Crippen LogP contribution in [0.25, 0.3) is 10.2 Å². The minimum atomic E-state index is -3.65. The number of ether oxygens (including phenoxy) is 1. The molecule has 1 amide bonds. The second-order valence-electron chi connectivity index (χ2n) is 7.80. The van der Waals surface area contributed by atoms with Crippen LogP contribution in [0.15, 0.2) is 52.4 Å². The molecular formula is C23H27N3O5S2. The second kappa shape index (κ2) is 9.98. The van der Waals surface area contributed by atoms with Crippen LogP contribution in [0, 0.1) is 6.92 Å². The molecule has 33 heavy (non-hydrogen) atoms. The second-order valence-corrected chi connectivity index (χ2v) is 10.8. The van der Waals surface area contributed by atoms with Crippen molar-refractivity contribution >= 4 is 43.5 Å². The van der Waals surface area contributed by atoms with Gasteiger partial charge in [-0.1, -0.05) is 17.4 Å². The normalized spacial score (nSPS) is 12.6. The molecule has 1 aromatic heterocycles. The molecule has 0 bridgehead atoms. The van der Waals surface area contributed by atoms with Gasteiger partial charge in [-0.05, 0) is 69.7 Å². The Labute approximate surface area is 197 Å². The molecule has 3 aromatic rings. The van der Waals surface area contributed by atoms with Gasteiger partial charge in [-0.2, -0.15) is 9.30 Å². The number of amides is 1. The molecule has 10 heteroatoms. The highest BCUT2D eigenvalue weighted by Gasteiger charge is 2.23. The SMILES string of the molecule is CCOC(=O)Cn1c(=NC(=O)c2ccc(S(=O)(=O)N(C)C(C)C)cc2)sc2cc(C)ccc21. The van der Waals surface area contributed by atoms with Crippen molar-refractivity contribution in [1.29, 1.82) is 0 Å². The number of carbonyl (C=O) groups is 2. The van der Waals surface area contributed by atoms with Gasteiger partial charge in [0.2, 0.25) is 10.0 Å². The van der Waals surface area contributed by atoms with Gasteiger partial charge in [-0.15, -0.1) is 0 Å². The van der Waals surface area contributed by atoms with E-state index in [4.69, 9.17) is 4.74 Å². The van der Waals surface area contributed by atoms with Crippen LogP contribution in [0.4, 0.5) is 0 Å². The van der Waals surface area contributed by atoms with E-state index in [1.807, 2.05) is 25.1 Å². The van der Waals surface area contributed by atoms with Gasteiger partial charge in [0.05, 0.1) is 21.7 Å². The topological polar surface area (TPSA) is 98.0 Å². The molecule has 0 unspecified atom stereocenters. The van der Waals surface area contributed by atoms with Gasteiger partial charge >= 0.3 is 5.97 Å². The van der Waals surface area contributed by atoms with Crippen LogP contribution < -0.4 is 4.80 Å². The molecule has 0 aliphatic carbocycles. The highest BCUT2D eigenvalue weighted by molar-refractivity contribution is 7.89. The lowest BCUT2D eigenvalue weighted by atomic mass is 10.2. The van der Waals surface area contributed by atoms with E-state index < -0.39 is 21.9 Å². The van der Waals surface area contributed by atoms with Crippen molar-refractivity contribution in [3.8, 4) is 0 Å². The van der Waals surface area contributed by atoms with Gasteiger partial charge in [0.15, 0.2) is 4.80 Å². The Morgan fingerprint density at radius 2 is 1.82 bits per heavy atom. The van der Waals surface area contributed by atoms with E-state index in [0.29, 0.717) is 4.80 Å². The van der Waals surface area contributed by atoms with E-state index in [1.54, 1.807) is 25.3 Å². The Kier molecular flexibility index (Phi) is 7.51. The monoisotopic (exact) mass is 489 g/mol. The minimum Gasteiger partial charge on any atom is -0.465 e. The third kappa shape index (κ3) is 5.40. The molecule has 0 radical (unpaired) electrons. The molecule has 1 heterocycles. The van der Waals surface area contributed by atoms with E-state index in [-0.39, 0.29) is 29.7 Å². The smallest absolute Gasteiger partial charge is 0.326 e. The van der Waals surface area contributed by atoms with Crippen LogP contribution in [0.3, 0.4) is 0 Å². The predicted octanol–water partition coefficient (Wildman–Crippen LogP) is 3.34. The van der Waals surface area contributed by atoms with Crippen molar-refractivity contribution in [3.63, 3.8) is 0 Å². The average Bonchev–Trinajstić information content (AvgIpc) is 3.08. The number of aryl methyl sites for hydroxylation is 1. The Morgan fingerprint density at radius 3 is 2.42 bits per heavy atom. The zero-order valence-corrected chi connectivity index (χ0v) is 20.9. The first kappa shape index (κ1) is 24.8. The number of thiazole rings is 1. The minimum absolute atomic E-state index is 0.0677. The first-order valence-corrected chi connectivity index (χ1v) is 12.7. The van der Waals surface area contributed by atoms with Crippen LogP contribution in [-0.4, -0.2) is 48.9 Å². The number of nitrogens with zero attached hydrogens (tertiary/aromatic N) is 3. The molecule has 8 nitrogen and oxygen atoms in total. The van der Waals surface area contributed by atoms with Crippen LogP contribution in [0.2, 0.25) is 0 Å². The summed E-state index contributed by atoms with van der Waals surface area (Å²) in [5, 5.41) is 0. The largest absolute Gasteiger partial charge is 0.465 e. The highest BCUT2D eigenvalue weighted by Crippen LogP contribution is 2.20. The van der Waals surface area contributed by atoms with Crippen molar-refractivity contribution in [2.45, 2.75) is 45.2 Å². The molecule has 176 valence electrons. The summed E-state index contributed by atoms with van der Waals surface area (Å²) in [6.07, 6.45) is 0. The van der Waals surface area contributed by atoms with Crippen molar-refractivity contribution in [2.75, 3.05) is 13.7 Å².